The van der Waals surface area contributed by atoms with Crippen molar-refractivity contribution in [1.82, 2.24) is 5.32 Å². The third-order valence-electron chi connectivity index (χ3n) is 2.87. The molecule has 1 aromatic carbocycles. The molecule has 0 aliphatic carbocycles. The highest BCUT2D eigenvalue weighted by molar-refractivity contribution is 9.10. The van der Waals surface area contributed by atoms with Crippen molar-refractivity contribution in [3.8, 4) is 0 Å². The largest absolute Gasteiger partial charge is 0.370 e. The van der Waals surface area contributed by atoms with E-state index in [-0.39, 0.29) is 0 Å². The minimum absolute atomic E-state index is 0.538. The molecule has 0 radical (unpaired) electrons. The fourth-order valence-corrected chi connectivity index (χ4v) is 2.25. The highest BCUT2D eigenvalue weighted by Crippen LogP contribution is 2.17. The zero-order valence-corrected chi connectivity index (χ0v) is 12.7. The number of nitrogens with zero attached hydrogens (tertiary/aromatic N) is 1. The Bertz CT molecular complexity index is 390. The van der Waals surface area contributed by atoms with Gasteiger partial charge < -0.3 is 11.1 Å². The van der Waals surface area contributed by atoms with Gasteiger partial charge in [-0.25, -0.2) is 0 Å². The van der Waals surface area contributed by atoms with Crippen LogP contribution in [0.2, 0.25) is 0 Å². The van der Waals surface area contributed by atoms with Gasteiger partial charge in [0.1, 0.15) is 0 Å². The molecule has 1 atom stereocenters. The van der Waals surface area contributed by atoms with Gasteiger partial charge in [-0.15, -0.1) is 0 Å². The van der Waals surface area contributed by atoms with Crippen LogP contribution in [0.25, 0.3) is 0 Å². The first kappa shape index (κ1) is 15.0. The molecule has 0 bridgehead atoms. The van der Waals surface area contributed by atoms with Crippen molar-refractivity contribution >= 4 is 21.9 Å². The second-order valence-electron chi connectivity index (χ2n) is 4.36. The molecule has 0 aliphatic heterocycles. The van der Waals surface area contributed by atoms with Crippen LogP contribution in [0.3, 0.4) is 0 Å². The molecule has 0 aliphatic rings. The number of hydrogen-bond acceptors (Lipinski definition) is 1. The molecule has 0 aromatic heterocycles. The van der Waals surface area contributed by atoms with E-state index in [4.69, 9.17) is 5.73 Å². The second kappa shape index (κ2) is 8.14. The van der Waals surface area contributed by atoms with Crippen molar-refractivity contribution in [3.63, 3.8) is 0 Å². The van der Waals surface area contributed by atoms with Gasteiger partial charge in [-0.3, -0.25) is 4.99 Å². The van der Waals surface area contributed by atoms with Gasteiger partial charge in [-0.2, -0.15) is 0 Å². The number of rotatable bonds is 6. The van der Waals surface area contributed by atoms with Crippen molar-refractivity contribution in [3.05, 3.63) is 34.3 Å². The van der Waals surface area contributed by atoms with Crippen LogP contribution in [0.15, 0.2) is 33.7 Å². The lowest BCUT2D eigenvalue weighted by Gasteiger charge is -2.13. The summed E-state index contributed by atoms with van der Waals surface area (Å²) in [4.78, 5) is 4.38. The maximum absolute atomic E-state index is 5.74. The molecule has 100 valence electrons. The molecule has 1 unspecified atom stereocenters. The summed E-state index contributed by atoms with van der Waals surface area (Å²) >= 11 is 3.50. The Labute approximate surface area is 118 Å². The van der Waals surface area contributed by atoms with Gasteiger partial charge in [0.2, 0.25) is 0 Å². The third kappa shape index (κ3) is 5.54. The van der Waals surface area contributed by atoms with Crippen LogP contribution in [0.5, 0.6) is 0 Å². The average molecular weight is 312 g/mol. The maximum atomic E-state index is 5.74. The van der Waals surface area contributed by atoms with Crippen LogP contribution in [-0.4, -0.2) is 19.0 Å². The molecule has 3 N–H and O–H groups in total. The van der Waals surface area contributed by atoms with E-state index in [2.05, 4.69) is 51.4 Å². The number of hydrogen-bond donors (Lipinski definition) is 2. The topological polar surface area (TPSA) is 50.4 Å². The van der Waals surface area contributed by atoms with Crippen LogP contribution >= 0.6 is 15.9 Å². The van der Waals surface area contributed by atoms with E-state index in [9.17, 15) is 0 Å². The van der Waals surface area contributed by atoms with Gasteiger partial charge in [-0.1, -0.05) is 41.4 Å². The quantitative estimate of drug-likeness (QED) is 0.627. The van der Waals surface area contributed by atoms with Crippen molar-refractivity contribution in [2.75, 3.05) is 13.1 Å². The first-order valence-electron chi connectivity index (χ1n) is 6.43. The Morgan fingerprint density at radius 3 is 2.83 bits per heavy atom. The van der Waals surface area contributed by atoms with E-state index in [1.54, 1.807) is 0 Å². The number of nitrogens with two attached hydrogens (primary N) is 1. The second-order valence-corrected chi connectivity index (χ2v) is 5.28. The third-order valence-corrected chi connectivity index (χ3v) is 3.36. The summed E-state index contributed by atoms with van der Waals surface area (Å²) in [6.45, 7) is 5.81. The van der Waals surface area contributed by atoms with Crippen molar-refractivity contribution < 1.29 is 0 Å². The fraction of sp³-hybridized carbons (Fsp3) is 0.500. The van der Waals surface area contributed by atoms with E-state index >= 15 is 0 Å². The van der Waals surface area contributed by atoms with Crippen molar-refractivity contribution in [1.29, 1.82) is 0 Å². The minimum atomic E-state index is 0.538. The van der Waals surface area contributed by atoms with Crippen LogP contribution in [0.1, 0.15) is 25.8 Å². The molecule has 3 nitrogen and oxygen atoms in total. The Morgan fingerprint density at radius 2 is 2.22 bits per heavy atom. The molecule has 0 heterocycles. The summed E-state index contributed by atoms with van der Waals surface area (Å²) in [6.07, 6.45) is 2.15. The molecule has 18 heavy (non-hydrogen) atoms. The molecule has 0 saturated carbocycles. The highest BCUT2D eigenvalue weighted by atomic mass is 79.9. The summed E-state index contributed by atoms with van der Waals surface area (Å²) < 4.78 is 1.13. The maximum Gasteiger partial charge on any atom is 0.188 e. The van der Waals surface area contributed by atoms with Crippen molar-refractivity contribution in [2.24, 2.45) is 16.6 Å². The highest BCUT2D eigenvalue weighted by Gasteiger charge is 2.07. The van der Waals surface area contributed by atoms with Crippen molar-refractivity contribution in [2.45, 2.75) is 26.7 Å². The van der Waals surface area contributed by atoms with E-state index in [1.807, 2.05) is 13.0 Å². The standard InChI is InChI=1S/C14H22BrN3/c1-3-11(10-18-14(16)17-4-2)8-12-6-5-7-13(15)9-12/h5-7,9,11H,3-4,8,10H2,1-2H3,(H3,16,17,18). The SMILES string of the molecule is CCNC(N)=NCC(CC)Cc1cccc(Br)c1. The number of nitrogens with one attached hydrogen (secondary N) is 1. The average Bonchev–Trinajstić information content (AvgIpc) is 2.35. The van der Waals surface area contributed by atoms with E-state index in [0.29, 0.717) is 11.9 Å². The summed E-state index contributed by atoms with van der Waals surface area (Å²) in [5.41, 5.74) is 7.08. The lowest BCUT2D eigenvalue weighted by atomic mass is 9.97. The Hall–Kier alpha value is -1.03. The Balaban J connectivity index is 2.54. The van der Waals surface area contributed by atoms with Gasteiger partial charge in [0.05, 0.1) is 0 Å². The van der Waals surface area contributed by atoms with Crippen LogP contribution in [0, 0.1) is 5.92 Å². The predicted octanol–water partition coefficient (Wildman–Crippen LogP) is 2.94. The zero-order valence-electron chi connectivity index (χ0n) is 11.1. The normalized spacial score (nSPS) is 13.4. The Kier molecular flexibility index (Phi) is 6.80. The number of guanidine groups is 1. The lowest BCUT2D eigenvalue weighted by molar-refractivity contribution is 0.518. The van der Waals surface area contributed by atoms with Gasteiger partial charge in [0.15, 0.2) is 5.96 Å². The molecule has 1 aromatic rings. The Morgan fingerprint density at radius 1 is 1.44 bits per heavy atom. The summed E-state index contributed by atoms with van der Waals surface area (Å²) in [5, 5.41) is 3.02. The van der Waals surface area contributed by atoms with Crippen LogP contribution < -0.4 is 11.1 Å². The van der Waals surface area contributed by atoms with E-state index in [1.165, 1.54) is 5.56 Å². The summed E-state index contributed by atoms with van der Waals surface area (Å²) in [6, 6.07) is 8.44. The molecule has 0 fully saturated rings. The molecular formula is C14H22BrN3. The molecule has 0 saturated heterocycles. The molecule has 0 amide bonds. The van der Waals surface area contributed by atoms with E-state index in [0.717, 1.165) is 30.4 Å². The zero-order chi connectivity index (χ0) is 13.4. The predicted molar refractivity (Wildman–Crippen MR) is 81.8 cm³/mol. The lowest BCUT2D eigenvalue weighted by Crippen LogP contribution is -2.32. The number of halogens is 1. The monoisotopic (exact) mass is 311 g/mol. The number of aliphatic imine (C=N–C) groups is 1. The summed E-state index contributed by atoms with van der Waals surface area (Å²) in [7, 11) is 0. The first-order chi connectivity index (χ1) is 8.65. The van der Waals surface area contributed by atoms with Gasteiger partial charge >= 0.3 is 0 Å². The smallest absolute Gasteiger partial charge is 0.188 e. The molecule has 1 rings (SSSR count). The molecule has 0 spiro atoms. The van der Waals surface area contributed by atoms with E-state index < -0.39 is 0 Å². The van der Waals surface area contributed by atoms with Crippen LogP contribution in [-0.2, 0) is 6.42 Å². The van der Waals surface area contributed by atoms with Gasteiger partial charge in [0, 0.05) is 17.6 Å². The molecule has 4 heteroatoms. The number of benzene rings is 1. The molecular weight excluding hydrogens is 290 g/mol. The first-order valence-corrected chi connectivity index (χ1v) is 7.23. The van der Waals surface area contributed by atoms with Crippen LogP contribution in [0.4, 0.5) is 0 Å². The van der Waals surface area contributed by atoms with Gasteiger partial charge in [-0.05, 0) is 37.0 Å². The van der Waals surface area contributed by atoms with Gasteiger partial charge in [0.25, 0.3) is 0 Å². The minimum Gasteiger partial charge on any atom is -0.370 e. The fourth-order valence-electron chi connectivity index (χ4n) is 1.80. The summed E-state index contributed by atoms with van der Waals surface area (Å²) in [5.74, 6) is 1.08.